The minimum atomic E-state index is 0.418. The van der Waals surface area contributed by atoms with Crippen molar-refractivity contribution in [2.75, 3.05) is 32.8 Å². The average molecular weight is 260 g/mol. The lowest BCUT2D eigenvalue weighted by atomic mass is 9.72. The van der Waals surface area contributed by atoms with E-state index in [0.717, 1.165) is 32.8 Å². The van der Waals surface area contributed by atoms with Crippen LogP contribution in [0.4, 0.5) is 0 Å². The van der Waals surface area contributed by atoms with Gasteiger partial charge in [0.05, 0.1) is 0 Å². The highest BCUT2D eigenvalue weighted by Crippen LogP contribution is 2.44. The summed E-state index contributed by atoms with van der Waals surface area (Å²) < 4.78 is 5.54. The van der Waals surface area contributed by atoms with Gasteiger partial charge in [-0.3, -0.25) is 4.90 Å². The third-order valence-corrected chi connectivity index (χ3v) is 4.91. The van der Waals surface area contributed by atoms with Crippen molar-refractivity contribution in [3.05, 3.63) is 35.9 Å². The van der Waals surface area contributed by atoms with E-state index >= 15 is 0 Å². The van der Waals surface area contributed by atoms with Gasteiger partial charge in [-0.15, -0.1) is 0 Å². The molecule has 1 atom stereocenters. The first-order chi connectivity index (χ1) is 9.32. The van der Waals surface area contributed by atoms with E-state index in [1.165, 1.54) is 24.9 Å². The number of nitrogens with two attached hydrogens (primary N) is 1. The molecule has 2 fully saturated rings. The van der Waals surface area contributed by atoms with Crippen LogP contribution in [-0.2, 0) is 11.3 Å². The minimum Gasteiger partial charge on any atom is -0.381 e. The lowest BCUT2D eigenvalue weighted by Gasteiger charge is -2.37. The molecule has 0 bridgehead atoms. The van der Waals surface area contributed by atoms with Crippen LogP contribution in [0.2, 0.25) is 0 Å². The van der Waals surface area contributed by atoms with Crippen LogP contribution in [-0.4, -0.2) is 37.7 Å². The Kier molecular flexibility index (Phi) is 3.87. The largest absolute Gasteiger partial charge is 0.381 e. The first-order valence-corrected chi connectivity index (χ1v) is 7.36. The molecular weight excluding hydrogens is 236 g/mol. The van der Waals surface area contributed by atoms with Gasteiger partial charge in [-0.05, 0) is 36.3 Å². The van der Waals surface area contributed by atoms with E-state index in [1.807, 2.05) is 0 Å². The van der Waals surface area contributed by atoms with E-state index in [9.17, 15) is 0 Å². The van der Waals surface area contributed by atoms with Gasteiger partial charge in [0.2, 0.25) is 0 Å². The van der Waals surface area contributed by atoms with Gasteiger partial charge in [-0.1, -0.05) is 30.3 Å². The van der Waals surface area contributed by atoms with Crippen LogP contribution in [0.15, 0.2) is 30.3 Å². The first-order valence-electron chi connectivity index (χ1n) is 7.36. The van der Waals surface area contributed by atoms with Gasteiger partial charge in [-0.25, -0.2) is 0 Å². The Bertz CT molecular complexity index is 400. The summed E-state index contributed by atoms with van der Waals surface area (Å²) in [6.07, 6.45) is 2.36. The van der Waals surface area contributed by atoms with Crippen molar-refractivity contribution in [3.63, 3.8) is 0 Å². The standard InChI is InChI=1S/C16H24N2O/c17-10-15-12-18(11-14-4-2-1-3-5-14)13-16(15)6-8-19-9-7-16/h1-5,15H,6-13,17H2/t15-/m1/s1. The molecule has 2 saturated heterocycles. The number of hydrogen-bond acceptors (Lipinski definition) is 3. The predicted octanol–water partition coefficient (Wildman–Crippen LogP) is 1.87. The zero-order valence-corrected chi connectivity index (χ0v) is 11.6. The third-order valence-electron chi connectivity index (χ3n) is 4.91. The molecule has 0 radical (unpaired) electrons. The summed E-state index contributed by atoms with van der Waals surface area (Å²) in [5.41, 5.74) is 7.85. The second-order valence-corrected chi connectivity index (χ2v) is 6.06. The number of nitrogens with zero attached hydrogens (tertiary/aromatic N) is 1. The van der Waals surface area contributed by atoms with Crippen molar-refractivity contribution in [1.82, 2.24) is 4.90 Å². The second kappa shape index (κ2) is 5.61. The molecule has 2 aliphatic rings. The Morgan fingerprint density at radius 1 is 1.21 bits per heavy atom. The molecule has 3 rings (SSSR count). The maximum atomic E-state index is 6.03. The minimum absolute atomic E-state index is 0.418. The Morgan fingerprint density at radius 2 is 1.95 bits per heavy atom. The zero-order chi connectivity index (χ0) is 13.1. The fourth-order valence-corrected chi connectivity index (χ4v) is 3.78. The van der Waals surface area contributed by atoms with Crippen molar-refractivity contribution in [2.45, 2.75) is 19.4 Å². The fraction of sp³-hybridized carbons (Fsp3) is 0.625. The number of ether oxygens (including phenoxy) is 1. The van der Waals surface area contributed by atoms with Gasteiger partial charge in [0, 0.05) is 32.8 Å². The smallest absolute Gasteiger partial charge is 0.0471 e. The van der Waals surface area contributed by atoms with Crippen LogP contribution < -0.4 is 5.73 Å². The molecule has 0 aromatic heterocycles. The Balaban J connectivity index is 1.69. The molecule has 3 heteroatoms. The van der Waals surface area contributed by atoms with Crippen LogP contribution in [0.25, 0.3) is 0 Å². The van der Waals surface area contributed by atoms with Crippen LogP contribution in [0, 0.1) is 11.3 Å². The Morgan fingerprint density at radius 3 is 2.63 bits per heavy atom. The highest BCUT2D eigenvalue weighted by Gasteiger charge is 2.46. The van der Waals surface area contributed by atoms with Crippen LogP contribution in [0.3, 0.4) is 0 Å². The van der Waals surface area contributed by atoms with E-state index < -0.39 is 0 Å². The van der Waals surface area contributed by atoms with Crippen molar-refractivity contribution >= 4 is 0 Å². The summed E-state index contributed by atoms with van der Waals surface area (Å²) in [5, 5.41) is 0. The van der Waals surface area contributed by atoms with Gasteiger partial charge < -0.3 is 10.5 Å². The summed E-state index contributed by atoms with van der Waals surface area (Å²) in [6, 6.07) is 10.8. The molecular formula is C16H24N2O. The summed E-state index contributed by atoms with van der Waals surface area (Å²) >= 11 is 0. The van der Waals surface area contributed by atoms with E-state index in [2.05, 4.69) is 35.2 Å². The summed E-state index contributed by atoms with van der Waals surface area (Å²) in [5.74, 6) is 0.639. The monoisotopic (exact) mass is 260 g/mol. The van der Waals surface area contributed by atoms with E-state index in [4.69, 9.17) is 10.5 Å². The highest BCUT2D eigenvalue weighted by molar-refractivity contribution is 5.15. The molecule has 104 valence electrons. The Hall–Kier alpha value is -0.900. The molecule has 2 aliphatic heterocycles. The van der Waals surface area contributed by atoms with Crippen molar-refractivity contribution in [1.29, 1.82) is 0 Å². The molecule has 3 nitrogen and oxygen atoms in total. The van der Waals surface area contributed by atoms with Gasteiger partial charge in [0.1, 0.15) is 0 Å². The van der Waals surface area contributed by atoms with Crippen molar-refractivity contribution in [3.8, 4) is 0 Å². The SMILES string of the molecule is NC[C@@H]1CN(Cc2ccccc2)CC12CCOCC2. The highest BCUT2D eigenvalue weighted by atomic mass is 16.5. The average Bonchev–Trinajstić information content (AvgIpc) is 2.78. The van der Waals surface area contributed by atoms with E-state index in [1.54, 1.807) is 0 Å². The molecule has 19 heavy (non-hydrogen) atoms. The van der Waals surface area contributed by atoms with Crippen LogP contribution in [0.1, 0.15) is 18.4 Å². The van der Waals surface area contributed by atoms with Gasteiger partial charge in [0.25, 0.3) is 0 Å². The van der Waals surface area contributed by atoms with Crippen molar-refractivity contribution in [2.24, 2.45) is 17.1 Å². The van der Waals surface area contributed by atoms with Gasteiger partial charge in [-0.2, -0.15) is 0 Å². The normalized spacial score (nSPS) is 26.9. The van der Waals surface area contributed by atoms with E-state index in [0.29, 0.717) is 11.3 Å². The molecule has 0 saturated carbocycles. The zero-order valence-electron chi connectivity index (χ0n) is 11.6. The molecule has 0 amide bonds. The number of benzene rings is 1. The van der Waals surface area contributed by atoms with E-state index in [-0.39, 0.29) is 0 Å². The summed E-state index contributed by atoms with van der Waals surface area (Å²) in [6.45, 7) is 6.02. The maximum absolute atomic E-state index is 6.03. The van der Waals surface area contributed by atoms with Crippen molar-refractivity contribution < 1.29 is 4.74 Å². The Labute approximate surface area is 115 Å². The molecule has 1 spiro atoms. The number of hydrogen-bond donors (Lipinski definition) is 1. The van der Waals surface area contributed by atoms with Crippen LogP contribution >= 0.6 is 0 Å². The lowest BCUT2D eigenvalue weighted by Crippen LogP contribution is -2.39. The molecule has 1 aromatic rings. The number of rotatable bonds is 3. The summed E-state index contributed by atoms with van der Waals surface area (Å²) in [4.78, 5) is 2.58. The summed E-state index contributed by atoms with van der Waals surface area (Å²) in [7, 11) is 0. The van der Waals surface area contributed by atoms with Gasteiger partial charge in [0.15, 0.2) is 0 Å². The lowest BCUT2D eigenvalue weighted by molar-refractivity contribution is 0.00103. The molecule has 0 aliphatic carbocycles. The quantitative estimate of drug-likeness (QED) is 0.902. The molecule has 1 aromatic carbocycles. The third kappa shape index (κ3) is 2.69. The first kappa shape index (κ1) is 13.1. The predicted molar refractivity (Wildman–Crippen MR) is 76.7 cm³/mol. The maximum Gasteiger partial charge on any atom is 0.0471 e. The fourth-order valence-electron chi connectivity index (χ4n) is 3.78. The van der Waals surface area contributed by atoms with Crippen LogP contribution in [0.5, 0.6) is 0 Å². The molecule has 2 heterocycles. The topological polar surface area (TPSA) is 38.5 Å². The van der Waals surface area contributed by atoms with Gasteiger partial charge >= 0.3 is 0 Å². The number of likely N-dealkylation sites (tertiary alicyclic amines) is 1. The second-order valence-electron chi connectivity index (χ2n) is 6.06. The molecule has 2 N–H and O–H groups in total. The molecule has 0 unspecified atom stereocenters.